The Morgan fingerprint density at radius 2 is 1.19 bits per heavy atom. The number of carboxylic acid groups (broad SMARTS) is 1. The molecular formula is C50H66N10O10S2. The van der Waals surface area contributed by atoms with Gasteiger partial charge in [0.1, 0.15) is 42.3 Å². The molecule has 3 aromatic carbocycles. The summed E-state index contributed by atoms with van der Waals surface area (Å²) in [5.41, 5.74) is 14.9. The van der Waals surface area contributed by atoms with Crippen LogP contribution >= 0.6 is 25.3 Å². The van der Waals surface area contributed by atoms with Crippen LogP contribution in [0, 0.1) is 0 Å². The summed E-state index contributed by atoms with van der Waals surface area (Å²) >= 11 is 8.53. The van der Waals surface area contributed by atoms with Gasteiger partial charge in [0.2, 0.25) is 41.4 Å². The Balaban J connectivity index is 1.38. The molecule has 13 N–H and O–H groups in total. The van der Waals surface area contributed by atoms with Crippen LogP contribution in [0.5, 0.6) is 0 Å². The zero-order valence-electron chi connectivity index (χ0n) is 40.0. The second kappa shape index (κ2) is 28.0. The molecule has 5 rings (SSSR count). The molecular weight excluding hydrogens is 965 g/mol. The van der Waals surface area contributed by atoms with Gasteiger partial charge >= 0.3 is 5.97 Å². The number of carboxylic acids is 1. The lowest BCUT2D eigenvalue weighted by molar-refractivity contribution is -0.149. The molecule has 0 aliphatic carbocycles. The van der Waals surface area contributed by atoms with Crippen LogP contribution in [0.15, 0.2) is 91.1 Å². The molecule has 22 heteroatoms. The van der Waals surface area contributed by atoms with E-state index < -0.39 is 102 Å². The molecule has 0 saturated carbocycles. The van der Waals surface area contributed by atoms with Crippen molar-refractivity contribution in [3.05, 3.63) is 108 Å². The van der Waals surface area contributed by atoms with Gasteiger partial charge in [0.05, 0.1) is 12.1 Å². The number of aromatic nitrogens is 1. The van der Waals surface area contributed by atoms with E-state index in [2.05, 4.69) is 62.1 Å². The third kappa shape index (κ3) is 16.0. The third-order valence-corrected chi connectivity index (χ3v) is 13.1. The SMILES string of the molecule is C[C@@H](O)[C@H](NC(=O)[C@H](CCCCN)NC(=O)[C@@H](Cc1c[nH]c2ccccc12)NC(=O)[C@H](Cc1ccccc1)NC(=O)[C@H](CS)NC(=O)[C@H](N)Cc1ccccc1)C(=O)N[C@@H](CS)C(=O)N1CCC[C@H]1C(=O)O. The van der Waals surface area contributed by atoms with Crippen molar-refractivity contribution < 1.29 is 48.6 Å². The number of aromatic amines is 1. The minimum Gasteiger partial charge on any atom is -0.480 e. The predicted molar refractivity (Wildman–Crippen MR) is 277 cm³/mol. The van der Waals surface area contributed by atoms with Gasteiger partial charge in [0.15, 0.2) is 0 Å². The summed E-state index contributed by atoms with van der Waals surface area (Å²) in [4.78, 5) is 114. The molecule has 0 radical (unpaired) electrons. The van der Waals surface area contributed by atoms with Gasteiger partial charge in [-0.15, -0.1) is 0 Å². The Labute approximate surface area is 428 Å². The molecule has 1 fully saturated rings. The highest BCUT2D eigenvalue weighted by Gasteiger charge is 2.39. The molecule has 0 spiro atoms. The van der Waals surface area contributed by atoms with Crippen molar-refractivity contribution in [2.45, 2.75) is 113 Å². The molecule has 1 saturated heterocycles. The first-order valence-corrected chi connectivity index (χ1v) is 25.1. The van der Waals surface area contributed by atoms with Gasteiger partial charge < -0.3 is 63.5 Å². The lowest BCUT2D eigenvalue weighted by Crippen LogP contribution is -2.62. The highest BCUT2D eigenvalue weighted by Crippen LogP contribution is 2.21. The molecule has 0 unspecified atom stereocenters. The maximum atomic E-state index is 14.7. The summed E-state index contributed by atoms with van der Waals surface area (Å²) in [6, 6.07) is 15.0. The minimum atomic E-state index is -1.65. The van der Waals surface area contributed by atoms with Crippen LogP contribution < -0.4 is 43.4 Å². The fourth-order valence-corrected chi connectivity index (χ4v) is 8.90. The number of thiol groups is 2. The van der Waals surface area contributed by atoms with Crippen LogP contribution in [0.2, 0.25) is 0 Å². The molecule has 72 heavy (non-hydrogen) atoms. The van der Waals surface area contributed by atoms with E-state index in [0.717, 1.165) is 21.4 Å². The summed E-state index contributed by atoms with van der Waals surface area (Å²) in [5.74, 6) is -7.02. The minimum absolute atomic E-state index is 0.0124. The molecule has 20 nitrogen and oxygen atoms in total. The van der Waals surface area contributed by atoms with E-state index in [1.807, 2.05) is 54.6 Å². The van der Waals surface area contributed by atoms with E-state index in [9.17, 15) is 48.6 Å². The summed E-state index contributed by atoms with van der Waals surface area (Å²) < 4.78 is 0. The third-order valence-electron chi connectivity index (χ3n) is 12.4. The van der Waals surface area contributed by atoms with Crippen molar-refractivity contribution in [2.75, 3.05) is 24.6 Å². The van der Waals surface area contributed by atoms with Gasteiger partial charge in [-0.05, 0) is 74.8 Å². The van der Waals surface area contributed by atoms with E-state index in [4.69, 9.17) is 11.5 Å². The number of rotatable bonds is 27. The topological polar surface area (TPSA) is 320 Å². The Morgan fingerprint density at radius 3 is 1.79 bits per heavy atom. The van der Waals surface area contributed by atoms with Crippen LogP contribution in [-0.2, 0) is 57.6 Å². The number of aliphatic hydroxyl groups is 1. The van der Waals surface area contributed by atoms with Crippen molar-refractivity contribution in [3.63, 3.8) is 0 Å². The zero-order chi connectivity index (χ0) is 52.3. The number of amides is 7. The molecule has 388 valence electrons. The molecule has 1 aliphatic heterocycles. The van der Waals surface area contributed by atoms with Gasteiger partial charge in [-0.25, -0.2) is 4.79 Å². The number of nitrogens with zero attached hydrogens (tertiary/aromatic N) is 1. The van der Waals surface area contributed by atoms with Crippen molar-refractivity contribution in [1.29, 1.82) is 0 Å². The highest BCUT2D eigenvalue weighted by molar-refractivity contribution is 7.80. The van der Waals surface area contributed by atoms with E-state index in [0.29, 0.717) is 30.4 Å². The zero-order valence-corrected chi connectivity index (χ0v) is 41.8. The van der Waals surface area contributed by atoms with Crippen LogP contribution in [-0.4, -0.2) is 146 Å². The Bertz CT molecular complexity index is 2480. The van der Waals surface area contributed by atoms with Crippen LogP contribution in [0.1, 0.15) is 55.7 Å². The van der Waals surface area contributed by atoms with E-state index in [1.54, 1.807) is 36.5 Å². The monoisotopic (exact) mass is 1030 g/mol. The summed E-state index contributed by atoms with van der Waals surface area (Å²) in [6.45, 7) is 1.66. The quantitative estimate of drug-likeness (QED) is 0.0275. The predicted octanol–water partition coefficient (Wildman–Crippen LogP) is -0.123. The molecule has 1 aromatic heterocycles. The number of aliphatic hydroxyl groups excluding tert-OH is 1. The van der Waals surface area contributed by atoms with Gasteiger partial charge in [0.25, 0.3) is 0 Å². The van der Waals surface area contributed by atoms with Gasteiger partial charge in [-0.3, -0.25) is 33.6 Å². The molecule has 7 amide bonds. The Morgan fingerprint density at radius 1 is 0.667 bits per heavy atom. The van der Waals surface area contributed by atoms with Crippen LogP contribution in [0.3, 0.4) is 0 Å². The fraction of sp³-hybridized carbons (Fsp3) is 0.440. The van der Waals surface area contributed by atoms with Crippen molar-refractivity contribution in [2.24, 2.45) is 11.5 Å². The van der Waals surface area contributed by atoms with Crippen LogP contribution in [0.4, 0.5) is 0 Å². The first kappa shape index (κ1) is 56.5. The van der Waals surface area contributed by atoms with Gasteiger partial charge in [0, 0.05) is 48.0 Å². The summed E-state index contributed by atoms with van der Waals surface area (Å²) in [6.07, 6.45) is 1.71. The van der Waals surface area contributed by atoms with Crippen LogP contribution in [0.25, 0.3) is 10.9 Å². The number of benzene rings is 3. The Kier molecular flexibility index (Phi) is 21.9. The number of H-pyrrole nitrogens is 1. The second-order valence-electron chi connectivity index (χ2n) is 17.8. The molecule has 4 aromatic rings. The molecule has 2 heterocycles. The number of unbranched alkanes of at least 4 members (excludes halogenated alkanes) is 1. The first-order valence-electron chi connectivity index (χ1n) is 23.9. The summed E-state index contributed by atoms with van der Waals surface area (Å²) in [7, 11) is 0. The number of likely N-dealkylation sites (tertiary alicyclic amines) is 1. The maximum Gasteiger partial charge on any atom is 0.326 e. The molecule has 9 atom stereocenters. The van der Waals surface area contributed by atoms with Crippen molar-refractivity contribution in [3.8, 4) is 0 Å². The lowest BCUT2D eigenvalue weighted by atomic mass is 10.0. The normalized spacial score (nSPS) is 16.7. The lowest BCUT2D eigenvalue weighted by Gasteiger charge is -2.29. The van der Waals surface area contributed by atoms with Crippen molar-refractivity contribution in [1.82, 2.24) is 41.8 Å². The van der Waals surface area contributed by atoms with E-state index in [-0.39, 0.29) is 56.7 Å². The summed E-state index contributed by atoms with van der Waals surface area (Å²) in [5, 5.41) is 37.1. The van der Waals surface area contributed by atoms with E-state index in [1.165, 1.54) is 6.92 Å². The molecule has 1 aliphatic rings. The Hall–Kier alpha value is -6.46. The number of nitrogens with two attached hydrogens (primary N) is 2. The molecule has 0 bridgehead atoms. The second-order valence-corrected chi connectivity index (χ2v) is 18.5. The average Bonchev–Trinajstić information content (AvgIpc) is 4.04. The van der Waals surface area contributed by atoms with Crippen molar-refractivity contribution >= 4 is 83.5 Å². The average molecular weight is 1030 g/mol. The fourth-order valence-electron chi connectivity index (χ4n) is 8.39. The van der Waals surface area contributed by atoms with Gasteiger partial charge in [-0.2, -0.15) is 25.3 Å². The largest absolute Gasteiger partial charge is 0.480 e. The maximum absolute atomic E-state index is 14.7. The van der Waals surface area contributed by atoms with E-state index >= 15 is 0 Å². The number of fused-ring (bicyclic) bond motifs is 1. The number of hydrogen-bond acceptors (Lipinski definition) is 13. The number of para-hydroxylation sites is 1. The highest BCUT2D eigenvalue weighted by atomic mass is 32.1. The number of carbonyl (C=O) groups is 8. The first-order chi connectivity index (χ1) is 34.5. The number of aliphatic carboxylic acids is 1. The van der Waals surface area contributed by atoms with Gasteiger partial charge in [-0.1, -0.05) is 78.9 Å². The standard InChI is InChI=1S/C50H66N10O10S2/c1-29(61)42(48(67)58-40(28-72)49(68)60-22-12-20-41(60)50(69)70)59-44(63)36(19-10-11-21-51)54-46(65)38(25-32-26-53-35-18-9-8-17-33(32)35)56-45(64)37(24-31-15-6-3-7-16-31)55-47(66)39(27-71)57-43(62)34(52)23-30-13-4-2-5-14-30/h2-9,13-18,26,29,34,36-42,53,61,71-72H,10-12,19-25,27-28,51-52H2,1H3,(H,54,65)(H,55,66)(H,56,64)(H,57,62)(H,58,67)(H,59,63)(H,69,70)/t29-,34-,36+,37+,38-,39+,40+,41+,42+/m1/s1. The number of hydrogen-bond donors (Lipinski definition) is 13. The smallest absolute Gasteiger partial charge is 0.326 e. The number of carbonyl (C=O) groups excluding carboxylic acids is 7. The number of nitrogens with one attached hydrogen (secondary N) is 7.